The van der Waals surface area contributed by atoms with Crippen molar-refractivity contribution in [3.63, 3.8) is 0 Å². The van der Waals surface area contributed by atoms with Crippen LogP contribution in [0.15, 0.2) is 77.2 Å². The Labute approximate surface area is 171 Å². The van der Waals surface area contributed by atoms with Crippen LogP contribution in [0.4, 0.5) is 11.4 Å². The van der Waals surface area contributed by atoms with Gasteiger partial charge >= 0.3 is 0 Å². The van der Waals surface area contributed by atoms with Crippen LogP contribution in [0.25, 0.3) is 5.76 Å². The zero-order valence-corrected chi connectivity index (χ0v) is 15.9. The Morgan fingerprint density at radius 1 is 1.13 bits per heavy atom. The van der Waals surface area contributed by atoms with E-state index in [9.17, 15) is 19.5 Å². The number of rotatable bonds is 4. The van der Waals surface area contributed by atoms with E-state index in [-0.39, 0.29) is 17.2 Å². The van der Waals surface area contributed by atoms with Gasteiger partial charge in [-0.2, -0.15) is 0 Å². The summed E-state index contributed by atoms with van der Waals surface area (Å²) in [5.41, 5.74) is 1.10. The summed E-state index contributed by atoms with van der Waals surface area (Å²) in [6, 6.07) is 11.9. The fraction of sp³-hybridized carbons (Fsp3) is 0.0909. The lowest BCUT2D eigenvalue weighted by atomic mass is 9.99. The first-order valence-corrected chi connectivity index (χ1v) is 9.10. The van der Waals surface area contributed by atoms with E-state index in [0.717, 1.165) is 0 Å². The van der Waals surface area contributed by atoms with E-state index in [4.69, 9.17) is 4.42 Å². The summed E-state index contributed by atoms with van der Waals surface area (Å²) >= 11 is 0. The van der Waals surface area contributed by atoms with Crippen molar-refractivity contribution in [1.82, 2.24) is 4.98 Å². The summed E-state index contributed by atoms with van der Waals surface area (Å²) < 4.78 is 5.50. The lowest BCUT2D eigenvalue weighted by Crippen LogP contribution is -2.29. The molecule has 0 aliphatic carbocycles. The van der Waals surface area contributed by atoms with Gasteiger partial charge < -0.3 is 14.8 Å². The van der Waals surface area contributed by atoms with E-state index < -0.39 is 17.7 Å². The van der Waals surface area contributed by atoms with E-state index in [0.29, 0.717) is 22.7 Å². The Hall–Kier alpha value is -4.20. The third-order valence-corrected chi connectivity index (χ3v) is 4.66. The van der Waals surface area contributed by atoms with Gasteiger partial charge in [0.1, 0.15) is 17.6 Å². The maximum Gasteiger partial charge on any atom is 0.300 e. The first-order chi connectivity index (χ1) is 14.5. The van der Waals surface area contributed by atoms with E-state index in [2.05, 4.69) is 10.3 Å². The van der Waals surface area contributed by atoms with E-state index in [1.807, 2.05) is 0 Å². The number of amides is 2. The lowest BCUT2D eigenvalue weighted by Gasteiger charge is -2.23. The molecule has 1 unspecified atom stereocenters. The van der Waals surface area contributed by atoms with Crippen LogP contribution < -0.4 is 10.2 Å². The van der Waals surface area contributed by atoms with Crippen molar-refractivity contribution in [3.05, 3.63) is 84.1 Å². The summed E-state index contributed by atoms with van der Waals surface area (Å²) in [7, 11) is 0. The monoisotopic (exact) mass is 403 g/mol. The Kier molecular flexibility index (Phi) is 4.89. The molecule has 1 saturated heterocycles. The molecule has 8 nitrogen and oxygen atoms in total. The van der Waals surface area contributed by atoms with Gasteiger partial charge in [0.2, 0.25) is 5.91 Å². The molecule has 1 aromatic carbocycles. The van der Waals surface area contributed by atoms with Crippen LogP contribution >= 0.6 is 0 Å². The molecule has 2 N–H and O–H groups in total. The number of hydrogen-bond donors (Lipinski definition) is 2. The van der Waals surface area contributed by atoms with Crippen molar-refractivity contribution in [2.24, 2.45) is 0 Å². The highest BCUT2D eigenvalue weighted by molar-refractivity contribution is 6.51. The topological polar surface area (TPSA) is 113 Å². The zero-order chi connectivity index (χ0) is 21.3. The number of nitrogens with zero attached hydrogens (tertiary/aromatic N) is 2. The number of aromatic nitrogens is 1. The molecule has 3 aromatic rings. The Morgan fingerprint density at radius 2 is 1.90 bits per heavy atom. The molecule has 0 radical (unpaired) electrons. The minimum absolute atomic E-state index is 0.0916. The van der Waals surface area contributed by atoms with Crippen LogP contribution in [0, 0.1) is 0 Å². The standard InChI is InChI=1S/C22H17N3O5/c1-13(26)24-15-4-2-5-16(12-15)25-19(17-6-3-11-30-17)18(21(28)22(25)29)20(27)14-7-9-23-10-8-14/h2-12,19,27H,1H3,(H,24,26)/b20-18-. The Bertz CT molecular complexity index is 1150. The number of aliphatic hydroxyl groups is 1. The van der Waals surface area contributed by atoms with E-state index in [1.54, 1.807) is 48.5 Å². The van der Waals surface area contributed by atoms with Crippen LogP contribution in [0.3, 0.4) is 0 Å². The van der Waals surface area contributed by atoms with Crippen LogP contribution in [0.1, 0.15) is 24.3 Å². The molecule has 1 fully saturated rings. The molecule has 1 aliphatic heterocycles. The van der Waals surface area contributed by atoms with Crippen LogP contribution in [-0.2, 0) is 14.4 Å². The van der Waals surface area contributed by atoms with Crippen LogP contribution in [-0.4, -0.2) is 27.7 Å². The molecule has 3 heterocycles. The fourth-order valence-corrected chi connectivity index (χ4v) is 3.42. The van der Waals surface area contributed by atoms with Gasteiger partial charge in [-0.3, -0.25) is 24.3 Å². The molecular formula is C22H17N3O5. The Morgan fingerprint density at radius 3 is 2.57 bits per heavy atom. The van der Waals surface area contributed by atoms with Gasteiger partial charge in [0.25, 0.3) is 11.7 Å². The molecule has 0 spiro atoms. The maximum absolute atomic E-state index is 13.0. The number of aliphatic hydroxyl groups excluding tert-OH is 1. The third kappa shape index (κ3) is 3.35. The van der Waals surface area contributed by atoms with Gasteiger partial charge in [-0.25, -0.2) is 0 Å². The molecule has 4 rings (SSSR count). The molecule has 1 aliphatic rings. The first-order valence-electron chi connectivity index (χ1n) is 9.10. The van der Waals surface area contributed by atoms with Crippen molar-refractivity contribution in [3.8, 4) is 0 Å². The molecule has 150 valence electrons. The number of furan rings is 1. The lowest BCUT2D eigenvalue weighted by molar-refractivity contribution is -0.132. The summed E-state index contributed by atoms with van der Waals surface area (Å²) in [6.45, 7) is 1.37. The number of ketones is 1. The summed E-state index contributed by atoms with van der Waals surface area (Å²) in [5.74, 6) is -1.93. The third-order valence-electron chi connectivity index (χ3n) is 4.66. The second-order valence-corrected chi connectivity index (χ2v) is 6.65. The van der Waals surface area contributed by atoms with E-state index in [1.165, 1.54) is 30.5 Å². The predicted octanol–water partition coefficient (Wildman–Crippen LogP) is 3.26. The number of benzene rings is 1. The average Bonchev–Trinajstić information content (AvgIpc) is 3.35. The highest BCUT2D eigenvalue weighted by Crippen LogP contribution is 2.42. The molecule has 30 heavy (non-hydrogen) atoms. The highest BCUT2D eigenvalue weighted by Gasteiger charge is 2.48. The molecule has 1 atom stereocenters. The number of Topliss-reactive ketones (excluding diaryl/α,β-unsaturated/α-hetero) is 1. The van der Waals surface area contributed by atoms with Gasteiger partial charge in [0.05, 0.1) is 11.8 Å². The predicted molar refractivity (Wildman–Crippen MR) is 108 cm³/mol. The van der Waals surface area contributed by atoms with Crippen molar-refractivity contribution in [1.29, 1.82) is 0 Å². The van der Waals surface area contributed by atoms with Crippen molar-refractivity contribution >= 4 is 34.7 Å². The number of anilines is 2. The summed E-state index contributed by atoms with van der Waals surface area (Å²) in [5, 5.41) is 13.5. The van der Waals surface area contributed by atoms with Crippen LogP contribution in [0.2, 0.25) is 0 Å². The molecule has 2 amide bonds. The normalized spacial score (nSPS) is 17.9. The van der Waals surface area contributed by atoms with Gasteiger partial charge in [0, 0.05) is 36.3 Å². The second-order valence-electron chi connectivity index (χ2n) is 6.65. The number of pyridine rings is 1. The zero-order valence-electron chi connectivity index (χ0n) is 15.9. The van der Waals surface area contributed by atoms with Gasteiger partial charge in [-0.05, 0) is 42.5 Å². The maximum atomic E-state index is 13.0. The number of carbonyl (C=O) groups excluding carboxylic acids is 3. The smallest absolute Gasteiger partial charge is 0.300 e. The molecular weight excluding hydrogens is 386 g/mol. The van der Waals surface area contributed by atoms with Crippen molar-refractivity contribution in [2.45, 2.75) is 13.0 Å². The SMILES string of the molecule is CC(=O)Nc1cccc(N2C(=O)C(=O)/C(=C(\O)c3ccncc3)C2c2ccco2)c1. The van der Waals surface area contributed by atoms with Crippen molar-refractivity contribution in [2.75, 3.05) is 10.2 Å². The molecule has 0 bridgehead atoms. The quantitative estimate of drug-likeness (QED) is 0.393. The first kappa shape index (κ1) is 19.1. The summed E-state index contributed by atoms with van der Waals surface area (Å²) in [6.07, 6.45) is 4.38. The number of carbonyl (C=O) groups is 3. The second kappa shape index (κ2) is 7.67. The molecule has 0 saturated carbocycles. The average molecular weight is 403 g/mol. The van der Waals surface area contributed by atoms with Gasteiger partial charge in [0.15, 0.2) is 0 Å². The molecule has 8 heteroatoms. The minimum atomic E-state index is -0.972. The fourth-order valence-electron chi connectivity index (χ4n) is 3.42. The van der Waals surface area contributed by atoms with Gasteiger partial charge in [-0.1, -0.05) is 6.07 Å². The minimum Gasteiger partial charge on any atom is -0.507 e. The largest absolute Gasteiger partial charge is 0.507 e. The van der Waals surface area contributed by atoms with Gasteiger partial charge in [-0.15, -0.1) is 0 Å². The van der Waals surface area contributed by atoms with Crippen molar-refractivity contribution < 1.29 is 23.9 Å². The van der Waals surface area contributed by atoms with E-state index >= 15 is 0 Å². The highest BCUT2D eigenvalue weighted by atomic mass is 16.3. The molecule has 2 aromatic heterocycles. The Balaban J connectivity index is 1.88. The summed E-state index contributed by atoms with van der Waals surface area (Å²) in [4.78, 5) is 42.5. The number of hydrogen-bond acceptors (Lipinski definition) is 6. The number of nitrogens with one attached hydrogen (secondary N) is 1. The van der Waals surface area contributed by atoms with Crippen LogP contribution in [0.5, 0.6) is 0 Å².